The van der Waals surface area contributed by atoms with E-state index in [0.717, 1.165) is 31.4 Å². The predicted molar refractivity (Wildman–Crippen MR) is 54.5 cm³/mol. The summed E-state index contributed by atoms with van der Waals surface area (Å²) in [6.45, 7) is 0.630. The Bertz CT molecular complexity index is 359. The molecule has 94 valence electrons. The van der Waals surface area contributed by atoms with Crippen molar-refractivity contribution >= 4 is 0 Å². The second kappa shape index (κ2) is 6.51. The number of benzene rings is 1. The van der Waals surface area contributed by atoms with Crippen molar-refractivity contribution in [2.45, 2.75) is 31.7 Å². The first-order chi connectivity index (χ1) is 8.05. The minimum absolute atomic E-state index is 0. The standard InChI is InChI=1S/C12H12F3O2.Li/c13-12(14,15)9-4-6-10(7-5-9)17-11-3-1-2-8-16-11;/h4-6,11H,1-3,8H2;/q-1;+1. The van der Waals surface area contributed by atoms with Crippen LogP contribution in [0.25, 0.3) is 0 Å². The van der Waals surface area contributed by atoms with Crippen molar-refractivity contribution in [2.75, 3.05) is 6.61 Å². The molecule has 0 N–H and O–H groups in total. The zero-order chi connectivity index (χ0) is 12.3. The summed E-state index contributed by atoms with van der Waals surface area (Å²) in [4.78, 5) is 0. The third-order valence-electron chi connectivity index (χ3n) is 2.51. The van der Waals surface area contributed by atoms with Crippen LogP contribution in [0.3, 0.4) is 0 Å². The number of hydrogen-bond acceptors (Lipinski definition) is 2. The average Bonchev–Trinajstić information content (AvgIpc) is 2.30. The molecule has 2 rings (SSSR count). The van der Waals surface area contributed by atoms with Gasteiger partial charge in [0.15, 0.2) is 6.29 Å². The number of alkyl halides is 3. The summed E-state index contributed by atoms with van der Waals surface area (Å²) in [5, 5.41) is 0. The van der Waals surface area contributed by atoms with Gasteiger partial charge in [-0.1, -0.05) is 5.56 Å². The Morgan fingerprint density at radius 2 is 2.06 bits per heavy atom. The third-order valence-corrected chi connectivity index (χ3v) is 2.51. The van der Waals surface area contributed by atoms with Crippen molar-refractivity contribution in [1.82, 2.24) is 0 Å². The molecular formula is C12H12F3LiO2. The molecule has 1 aliphatic rings. The van der Waals surface area contributed by atoms with E-state index >= 15 is 0 Å². The van der Waals surface area contributed by atoms with Crippen LogP contribution in [-0.4, -0.2) is 12.9 Å². The molecule has 1 heterocycles. The van der Waals surface area contributed by atoms with Gasteiger partial charge in [0.2, 0.25) is 0 Å². The molecule has 1 aromatic carbocycles. The molecule has 0 aromatic heterocycles. The van der Waals surface area contributed by atoms with Crippen LogP contribution in [0.4, 0.5) is 13.2 Å². The van der Waals surface area contributed by atoms with E-state index in [0.29, 0.717) is 6.61 Å². The first-order valence-electron chi connectivity index (χ1n) is 5.43. The molecule has 1 saturated heterocycles. The van der Waals surface area contributed by atoms with Gasteiger partial charge in [0.05, 0.1) is 6.61 Å². The Labute approximate surface area is 116 Å². The topological polar surface area (TPSA) is 18.5 Å². The average molecular weight is 252 g/mol. The molecule has 0 bridgehead atoms. The molecule has 18 heavy (non-hydrogen) atoms. The molecule has 0 spiro atoms. The van der Waals surface area contributed by atoms with E-state index in [9.17, 15) is 13.2 Å². The molecule has 1 aliphatic heterocycles. The fourth-order valence-electron chi connectivity index (χ4n) is 1.61. The Hall–Kier alpha value is -0.633. The summed E-state index contributed by atoms with van der Waals surface area (Å²) in [6.07, 6.45) is -1.94. The van der Waals surface area contributed by atoms with Crippen LogP contribution in [0.1, 0.15) is 24.8 Å². The van der Waals surface area contributed by atoms with E-state index in [1.54, 1.807) is 0 Å². The largest absolute Gasteiger partial charge is 1.00 e. The first kappa shape index (κ1) is 15.4. The van der Waals surface area contributed by atoms with Crippen molar-refractivity contribution < 1.29 is 41.5 Å². The van der Waals surface area contributed by atoms with Gasteiger partial charge in [-0.2, -0.15) is 25.3 Å². The van der Waals surface area contributed by atoms with Crippen molar-refractivity contribution in [3.05, 3.63) is 29.8 Å². The molecule has 0 saturated carbocycles. The number of hydrogen-bond donors (Lipinski definition) is 0. The maximum absolute atomic E-state index is 12.3. The third kappa shape index (κ3) is 4.24. The molecule has 1 fully saturated rings. The van der Waals surface area contributed by atoms with Gasteiger partial charge in [0, 0.05) is 12.2 Å². The van der Waals surface area contributed by atoms with E-state index in [1.165, 1.54) is 6.07 Å². The maximum Gasteiger partial charge on any atom is 1.00 e. The van der Waals surface area contributed by atoms with Gasteiger partial charge in [-0.25, -0.2) is 0 Å². The molecular weight excluding hydrogens is 240 g/mol. The van der Waals surface area contributed by atoms with Gasteiger partial charge in [0.1, 0.15) is 0 Å². The SMILES string of the molecule is FC(F)(F)c1c[c-]c(OC2CCCCO2)cc1.[Li+]. The van der Waals surface area contributed by atoms with Gasteiger partial charge in [-0.15, -0.1) is 12.1 Å². The smallest absolute Gasteiger partial charge is 0.491 e. The first-order valence-corrected chi connectivity index (χ1v) is 5.43. The molecule has 0 aliphatic carbocycles. The number of halogens is 3. The minimum Gasteiger partial charge on any atom is -0.491 e. The van der Waals surface area contributed by atoms with E-state index in [-0.39, 0.29) is 30.9 Å². The van der Waals surface area contributed by atoms with E-state index in [1.807, 2.05) is 0 Å². The quantitative estimate of drug-likeness (QED) is 0.561. The van der Waals surface area contributed by atoms with Crippen LogP contribution in [0.15, 0.2) is 18.2 Å². The van der Waals surface area contributed by atoms with Crippen molar-refractivity contribution in [1.29, 1.82) is 0 Å². The molecule has 6 heteroatoms. The van der Waals surface area contributed by atoms with Crippen molar-refractivity contribution in [3.8, 4) is 5.75 Å². The number of ether oxygens (including phenoxy) is 2. The summed E-state index contributed by atoms with van der Waals surface area (Å²) >= 11 is 0. The van der Waals surface area contributed by atoms with Crippen molar-refractivity contribution in [2.24, 2.45) is 0 Å². The summed E-state index contributed by atoms with van der Waals surface area (Å²) < 4.78 is 47.6. The van der Waals surface area contributed by atoms with Crippen LogP contribution in [0.2, 0.25) is 0 Å². The fraction of sp³-hybridized carbons (Fsp3) is 0.500. The van der Waals surface area contributed by atoms with Gasteiger partial charge < -0.3 is 9.47 Å². The number of rotatable bonds is 2. The second-order valence-electron chi connectivity index (χ2n) is 3.85. The Balaban J connectivity index is 0.00000162. The van der Waals surface area contributed by atoms with Gasteiger partial charge in [-0.05, 0) is 12.8 Å². The van der Waals surface area contributed by atoms with Crippen LogP contribution in [0.5, 0.6) is 5.75 Å². The van der Waals surface area contributed by atoms with Gasteiger partial charge in [0.25, 0.3) is 0 Å². The Morgan fingerprint density at radius 3 is 2.56 bits per heavy atom. The van der Waals surface area contributed by atoms with Crippen LogP contribution in [0, 0.1) is 6.07 Å². The Kier molecular flexibility index (Phi) is 5.58. The van der Waals surface area contributed by atoms with Gasteiger partial charge in [-0.3, -0.25) is 0 Å². The molecule has 2 nitrogen and oxygen atoms in total. The normalized spacial score (nSPS) is 20.1. The van der Waals surface area contributed by atoms with Crippen LogP contribution in [-0.2, 0) is 10.9 Å². The van der Waals surface area contributed by atoms with Gasteiger partial charge >= 0.3 is 25.0 Å². The Morgan fingerprint density at radius 1 is 1.28 bits per heavy atom. The summed E-state index contributed by atoms with van der Waals surface area (Å²) in [7, 11) is 0. The van der Waals surface area contributed by atoms with Crippen molar-refractivity contribution in [3.63, 3.8) is 0 Å². The minimum atomic E-state index is -4.34. The van der Waals surface area contributed by atoms with E-state index < -0.39 is 11.7 Å². The zero-order valence-corrected chi connectivity index (χ0v) is 10.1. The molecule has 0 amide bonds. The molecule has 1 atom stereocenters. The maximum atomic E-state index is 12.3. The van der Waals surface area contributed by atoms with E-state index in [4.69, 9.17) is 9.47 Å². The monoisotopic (exact) mass is 252 g/mol. The zero-order valence-electron chi connectivity index (χ0n) is 10.1. The van der Waals surface area contributed by atoms with Crippen LogP contribution < -0.4 is 23.6 Å². The molecule has 1 unspecified atom stereocenters. The van der Waals surface area contributed by atoms with Crippen LogP contribution >= 0.6 is 0 Å². The fourth-order valence-corrected chi connectivity index (χ4v) is 1.61. The summed E-state index contributed by atoms with van der Waals surface area (Å²) in [5.41, 5.74) is -0.727. The van der Waals surface area contributed by atoms with E-state index in [2.05, 4.69) is 6.07 Å². The molecule has 0 radical (unpaired) electrons. The molecule has 1 aromatic rings. The second-order valence-corrected chi connectivity index (χ2v) is 3.85. The predicted octanol–water partition coefficient (Wildman–Crippen LogP) is 0.415. The summed E-state index contributed by atoms with van der Waals surface area (Å²) in [6, 6.07) is 5.60. The summed E-state index contributed by atoms with van der Waals surface area (Å²) in [5.74, 6) is 0.282.